The first-order valence-corrected chi connectivity index (χ1v) is 6.98. The Morgan fingerprint density at radius 3 is 2.32 bits per heavy atom. The van der Waals surface area contributed by atoms with Gasteiger partial charge in [0.05, 0.1) is 11.4 Å². The highest BCUT2D eigenvalue weighted by Gasteiger charge is 2.08. The Hall–Kier alpha value is -1.58. The number of rotatable bonds is 2. The Kier molecular flexibility index (Phi) is 3.40. The number of nitrogens with zero attached hydrogens (tertiary/aromatic N) is 2. The summed E-state index contributed by atoms with van der Waals surface area (Å²) in [7, 11) is 0. The minimum atomic E-state index is 0.727. The Balaban J connectivity index is 2.04. The van der Waals surface area contributed by atoms with E-state index in [1.807, 2.05) is 65.3 Å². The van der Waals surface area contributed by atoms with E-state index in [-0.39, 0.29) is 0 Å². The van der Waals surface area contributed by atoms with Crippen molar-refractivity contribution in [3.63, 3.8) is 0 Å². The van der Waals surface area contributed by atoms with Crippen molar-refractivity contribution in [2.24, 2.45) is 0 Å². The Morgan fingerprint density at radius 1 is 0.947 bits per heavy atom. The van der Waals surface area contributed by atoms with E-state index >= 15 is 0 Å². The summed E-state index contributed by atoms with van der Waals surface area (Å²) >= 11 is 9.44. The van der Waals surface area contributed by atoms with Crippen LogP contribution in [-0.4, -0.2) is 9.78 Å². The van der Waals surface area contributed by atoms with Crippen molar-refractivity contribution in [3.05, 3.63) is 70.3 Å². The summed E-state index contributed by atoms with van der Waals surface area (Å²) in [6.07, 6.45) is 0. The van der Waals surface area contributed by atoms with Gasteiger partial charge in [0.25, 0.3) is 0 Å². The van der Waals surface area contributed by atoms with E-state index in [2.05, 4.69) is 21.0 Å². The topological polar surface area (TPSA) is 17.8 Å². The Labute approximate surface area is 124 Å². The third kappa shape index (κ3) is 2.57. The predicted octanol–water partition coefficient (Wildman–Crippen LogP) is 4.96. The highest BCUT2D eigenvalue weighted by Crippen LogP contribution is 2.25. The molecule has 3 rings (SSSR count). The van der Waals surface area contributed by atoms with Crippen LogP contribution in [0.3, 0.4) is 0 Å². The fourth-order valence-corrected chi connectivity index (χ4v) is 2.50. The minimum absolute atomic E-state index is 0.727. The van der Waals surface area contributed by atoms with E-state index in [1.54, 1.807) is 0 Å². The second-order valence-corrected chi connectivity index (χ2v) is 5.36. The molecule has 2 nitrogen and oxygen atoms in total. The number of para-hydroxylation sites is 1. The first-order valence-electron chi connectivity index (χ1n) is 5.81. The number of benzene rings is 2. The van der Waals surface area contributed by atoms with Gasteiger partial charge in [-0.3, -0.25) is 0 Å². The van der Waals surface area contributed by atoms with Crippen LogP contribution in [0.1, 0.15) is 0 Å². The zero-order chi connectivity index (χ0) is 13.2. The van der Waals surface area contributed by atoms with Crippen LogP contribution < -0.4 is 0 Å². The Bertz CT molecular complexity index is 690. The summed E-state index contributed by atoms with van der Waals surface area (Å²) < 4.78 is 2.79. The zero-order valence-electron chi connectivity index (χ0n) is 9.92. The molecule has 0 spiro atoms. The third-order valence-electron chi connectivity index (χ3n) is 2.81. The van der Waals surface area contributed by atoms with Gasteiger partial charge >= 0.3 is 0 Å². The van der Waals surface area contributed by atoms with Crippen LogP contribution in [-0.2, 0) is 0 Å². The second kappa shape index (κ2) is 5.19. The molecule has 0 fully saturated rings. The molecular formula is C15H10BrClN2. The fourth-order valence-electron chi connectivity index (χ4n) is 1.87. The maximum Gasteiger partial charge on any atom is 0.110 e. The number of hydrogen-bond donors (Lipinski definition) is 0. The van der Waals surface area contributed by atoms with E-state index in [1.165, 1.54) is 0 Å². The number of halogens is 2. The quantitative estimate of drug-likeness (QED) is 0.648. The van der Waals surface area contributed by atoms with Gasteiger partial charge in [0.1, 0.15) is 4.60 Å². The van der Waals surface area contributed by atoms with Crippen LogP contribution in [0.4, 0.5) is 0 Å². The van der Waals surface area contributed by atoms with Crippen LogP contribution in [0.25, 0.3) is 16.9 Å². The van der Waals surface area contributed by atoms with Crippen LogP contribution in [0.15, 0.2) is 65.3 Å². The molecule has 0 saturated carbocycles. The molecule has 0 saturated heterocycles. The molecule has 1 heterocycles. The van der Waals surface area contributed by atoms with Gasteiger partial charge < -0.3 is 0 Å². The van der Waals surface area contributed by atoms with Crippen LogP contribution in [0, 0.1) is 0 Å². The first kappa shape index (κ1) is 12.5. The van der Waals surface area contributed by atoms with Crippen molar-refractivity contribution < 1.29 is 0 Å². The van der Waals surface area contributed by atoms with E-state index < -0.39 is 0 Å². The molecule has 0 amide bonds. The molecule has 19 heavy (non-hydrogen) atoms. The van der Waals surface area contributed by atoms with Crippen LogP contribution >= 0.6 is 27.5 Å². The molecule has 0 N–H and O–H groups in total. The summed E-state index contributed by atoms with van der Waals surface area (Å²) in [4.78, 5) is 0. The summed E-state index contributed by atoms with van der Waals surface area (Å²) in [6.45, 7) is 0. The lowest BCUT2D eigenvalue weighted by Gasteiger charge is -2.02. The van der Waals surface area contributed by atoms with E-state index in [9.17, 15) is 0 Å². The first-order chi connectivity index (χ1) is 9.24. The number of hydrogen-bond acceptors (Lipinski definition) is 1. The molecule has 0 aliphatic rings. The molecule has 3 aromatic rings. The second-order valence-electron chi connectivity index (χ2n) is 4.11. The van der Waals surface area contributed by atoms with Crippen LogP contribution in [0.2, 0.25) is 5.02 Å². The van der Waals surface area contributed by atoms with Crippen molar-refractivity contribution in [1.29, 1.82) is 0 Å². The van der Waals surface area contributed by atoms with Gasteiger partial charge in [0.15, 0.2) is 0 Å². The highest BCUT2D eigenvalue weighted by molar-refractivity contribution is 9.10. The van der Waals surface area contributed by atoms with Gasteiger partial charge in [-0.25, -0.2) is 4.68 Å². The van der Waals surface area contributed by atoms with Gasteiger partial charge in [0, 0.05) is 10.6 Å². The third-order valence-corrected chi connectivity index (χ3v) is 3.62. The highest BCUT2D eigenvalue weighted by atomic mass is 79.9. The molecule has 0 atom stereocenters. The van der Waals surface area contributed by atoms with E-state index in [4.69, 9.17) is 11.6 Å². The molecule has 0 unspecified atom stereocenters. The number of aromatic nitrogens is 2. The fraction of sp³-hybridized carbons (Fsp3) is 0. The monoisotopic (exact) mass is 332 g/mol. The van der Waals surface area contributed by atoms with Gasteiger partial charge in [-0.05, 0) is 46.3 Å². The van der Waals surface area contributed by atoms with Crippen molar-refractivity contribution in [1.82, 2.24) is 9.78 Å². The zero-order valence-corrected chi connectivity index (χ0v) is 12.3. The van der Waals surface area contributed by atoms with Crippen molar-refractivity contribution in [2.75, 3.05) is 0 Å². The molecule has 4 heteroatoms. The smallest absolute Gasteiger partial charge is 0.110 e. The maximum absolute atomic E-state index is 5.90. The lowest BCUT2D eigenvalue weighted by Crippen LogP contribution is -1.96. The molecule has 0 radical (unpaired) electrons. The predicted molar refractivity (Wildman–Crippen MR) is 81.7 cm³/mol. The van der Waals surface area contributed by atoms with Crippen molar-refractivity contribution in [3.8, 4) is 16.9 Å². The lowest BCUT2D eigenvalue weighted by molar-refractivity contribution is 0.864. The summed E-state index contributed by atoms with van der Waals surface area (Å²) in [6, 6.07) is 19.7. The average Bonchev–Trinajstić information content (AvgIpc) is 2.83. The van der Waals surface area contributed by atoms with E-state index in [0.717, 1.165) is 26.6 Å². The average molecular weight is 334 g/mol. The molecular weight excluding hydrogens is 324 g/mol. The van der Waals surface area contributed by atoms with Crippen molar-refractivity contribution in [2.45, 2.75) is 0 Å². The molecule has 0 bridgehead atoms. The van der Waals surface area contributed by atoms with Gasteiger partial charge in [-0.1, -0.05) is 41.9 Å². The van der Waals surface area contributed by atoms with E-state index in [0.29, 0.717) is 0 Å². The standard InChI is InChI=1S/C15H10BrClN2/c16-15-10-14(11-6-8-12(17)9-7-11)18-19(15)13-4-2-1-3-5-13/h1-10H. The molecule has 0 aliphatic heterocycles. The lowest BCUT2D eigenvalue weighted by atomic mass is 10.2. The largest absolute Gasteiger partial charge is 0.226 e. The summed E-state index contributed by atoms with van der Waals surface area (Å²) in [5.41, 5.74) is 2.97. The molecule has 1 aromatic heterocycles. The van der Waals surface area contributed by atoms with Crippen LogP contribution in [0.5, 0.6) is 0 Å². The normalized spacial score (nSPS) is 10.6. The van der Waals surface area contributed by atoms with Gasteiger partial charge in [-0.15, -0.1) is 0 Å². The maximum atomic E-state index is 5.90. The minimum Gasteiger partial charge on any atom is -0.226 e. The molecule has 2 aromatic carbocycles. The molecule has 0 aliphatic carbocycles. The molecule has 94 valence electrons. The SMILES string of the molecule is Clc1ccc(-c2cc(Br)n(-c3ccccc3)n2)cc1. The van der Waals surface area contributed by atoms with Gasteiger partial charge in [-0.2, -0.15) is 5.10 Å². The Morgan fingerprint density at radius 2 is 1.63 bits per heavy atom. The van der Waals surface area contributed by atoms with Crippen molar-refractivity contribution >= 4 is 27.5 Å². The summed E-state index contributed by atoms with van der Waals surface area (Å²) in [5.74, 6) is 0. The summed E-state index contributed by atoms with van der Waals surface area (Å²) in [5, 5.41) is 5.33. The van der Waals surface area contributed by atoms with Gasteiger partial charge in [0.2, 0.25) is 0 Å².